The Morgan fingerprint density at radius 3 is 1.65 bits per heavy atom. The Hall–Kier alpha value is -1.71. The summed E-state index contributed by atoms with van der Waals surface area (Å²) in [6.45, 7) is 3.24. The minimum absolute atomic E-state index is 0.0730. The largest absolute Gasteiger partial charge is 0.472 e. The number of rotatable bonds is 37. The van der Waals surface area contributed by atoms with Gasteiger partial charge >= 0.3 is 19.8 Å². The molecule has 350 valence electrons. The summed E-state index contributed by atoms with van der Waals surface area (Å²) in [5, 5.41) is 50.2. The van der Waals surface area contributed by atoms with Gasteiger partial charge in [0, 0.05) is 12.8 Å². The minimum Gasteiger partial charge on any atom is -0.462 e. The second-order valence-electron chi connectivity index (χ2n) is 16.6. The van der Waals surface area contributed by atoms with E-state index in [0.717, 1.165) is 83.5 Å². The van der Waals surface area contributed by atoms with Crippen LogP contribution in [0.4, 0.5) is 0 Å². The van der Waals surface area contributed by atoms with Crippen molar-refractivity contribution in [2.45, 2.75) is 236 Å². The molecule has 5 unspecified atom stereocenters. The normalized spacial score (nSPS) is 25.7. The van der Waals surface area contributed by atoms with E-state index in [1.807, 2.05) is 0 Å². The molecule has 1 saturated carbocycles. The SMILES string of the molecule is CCCCC/C=C\CC1OC1CCCCCCCC(=O)O[C@H](COC(=O)CCCCCCC/C=C\CCCCCCCC)COP(=O)(O)OC1[C@H](O)[C@H](O)C(O)[C@H](O)[C@H]1O. The van der Waals surface area contributed by atoms with Gasteiger partial charge in [-0.3, -0.25) is 18.6 Å². The molecule has 2 fully saturated rings. The summed E-state index contributed by atoms with van der Waals surface area (Å²) in [6.07, 6.45) is 22.5. The van der Waals surface area contributed by atoms with Crippen LogP contribution in [0.2, 0.25) is 0 Å². The molecular formula is C45H81O14P. The van der Waals surface area contributed by atoms with Crippen LogP contribution in [0.1, 0.15) is 181 Å². The number of phosphoric acid groups is 1. The molecule has 0 spiro atoms. The minimum atomic E-state index is -5.13. The molecule has 10 atom stereocenters. The number of carbonyl (C=O) groups excluding carboxylic acids is 2. The van der Waals surface area contributed by atoms with Gasteiger partial charge in [0.05, 0.1) is 18.8 Å². The molecule has 1 saturated heterocycles. The summed E-state index contributed by atoms with van der Waals surface area (Å²) in [5.74, 6) is -1.13. The van der Waals surface area contributed by atoms with E-state index in [4.69, 9.17) is 23.3 Å². The van der Waals surface area contributed by atoms with Crippen molar-refractivity contribution in [2.24, 2.45) is 0 Å². The van der Waals surface area contributed by atoms with E-state index >= 15 is 0 Å². The molecule has 0 amide bonds. The van der Waals surface area contributed by atoms with Crippen molar-refractivity contribution in [3.8, 4) is 0 Å². The number of carbonyl (C=O) groups is 2. The van der Waals surface area contributed by atoms with Crippen molar-refractivity contribution >= 4 is 19.8 Å². The summed E-state index contributed by atoms with van der Waals surface area (Å²) in [4.78, 5) is 35.7. The summed E-state index contributed by atoms with van der Waals surface area (Å²) in [7, 11) is -5.13. The number of ether oxygens (including phenoxy) is 3. The van der Waals surface area contributed by atoms with Crippen LogP contribution in [0, 0.1) is 0 Å². The fraction of sp³-hybridized carbons (Fsp3) is 0.867. The molecule has 0 bridgehead atoms. The van der Waals surface area contributed by atoms with Gasteiger partial charge in [-0.15, -0.1) is 0 Å². The van der Waals surface area contributed by atoms with Gasteiger partial charge in [0.15, 0.2) is 6.10 Å². The molecule has 0 aromatic carbocycles. The van der Waals surface area contributed by atoms with Crippen LogP contribution in [0.3, 0.4) is 0 Å². The zero-order valence-corrected chi connectivity index (χ0v) is 37.6. The molecule has 0 aromatic heterocycles. The number of unbranched alkanes of at least 4 members (excludes halogenated alkanes) is 18. The van der Waals surface area contributed by atoms with Crippen LogP contribution in [0.5, 0.6) is 0 Å². The first kappa shape index (κ1) is 54.4. The monoisotopic (exact) mass is 877 g/mol. The fourth-order valence-electron chi connectivity index (χ4n) is 7.29. The molecule has 1 aliphatic carbocycles. The first-order chi connectivity index (χ1) is 28.9. The summed E-state index contributed by atoms with van der Waals surface area (Å²) in [6, 6.07) is 0. The number of aliphatic hydroxyl groups excluding tert-OH is 5. The lowest BCUT2D eigenvalue weighted by molar-refractivity contribution is -0.220. The standard InChI is InChI=1S/C45H81O14P/c1-3-5-7-9-11-12-13-14-15-16-17-18-19-23-27-31-38(46)55-33-35(34-56-60(53,54)59-45-43(51)41(49)40(48)42(50)44(45)52)57-39(47)32-28-24-20-22-26-30-37-36(58-37)29-25-21-10-8-6-4-2/h14-15,21,25,35-37,40-45,48-52H,3-13,16-20,22-24,26-34H2,1-2H3,(H,53,54)/b15-14-,25-21-/t35-,36?,37?,40?,41-,42+,43-,44-,45?/m1/s1. The molecule has 2 rings (SSSR count). The van der Waals surface area contributed by atoms with E-state index in [9.17, 15) is 44.6 Å². The van der Waals surface area contributed by atoms with E-state index in [2.05, 4.69) is 38.2 Å². The van der Waals surface area contributed by atoms with Crippen LogP contribution < -0.4 is 0 Å². The Labute approximate surface area is 360 Å². The first-order valence-corrected chi connectivity index (χ1v) is 24.8. The van der Waals surface area contributed by atoms with Crippen LogP contribution in [0.25, 0.3) is 0 Å². The van der Waals surface area contributed by atoms with Crippen LogP contribution in [0.15, 0.2) is 24.3 Å². The predicted molar refractivity (Wildman–Crippen MR) is 230 cm³/mol. The van der Waals surface area contributed by atoms with E-state index in [-0.39, 0.29) is 12.8 Å². The molecular weight excluding hydrogens is 795 g/mol. The third-order valence-corrected chi connectivity index (χ3v) is 12.2. The van der Waals surface area contributed by atoms with E-state index in [1.165, 1.54) is 57.8 Å². The van der Waals surface area contributed by atoms with Crippen molar-refractivity contribution in [2.75, 3.05) is 13.2 Å². The van der Waals surface area contributed by atoms with E-state index < -0.39 is 75.7 Å². The summed E-state index contributed by atoms with van der Waals surface area (Å²) >= 11 is 0. The third-order valence-electron chi connectivity index (χ3n) is 11.2. The Morgan fingerprint density at radius 1 is 0.583 bits per heavy atom. The number of allylic oxidation sites excluding steroid dienone is 3. The molecule has 0 radical (unpaired) electrons. The average Bonchev–Trinajstić information content (AvgIpc) is 3.99. The number of aliphatic hydroxyl groups is 5. The van der Waals surface area contributed by atoms with Crippen molar-refractivity contribution in [3.05, 3.63) is 24.3 Å². The molecule has 60 heavy (non-hydrogen) atoms. The van der Waals surface area contributed by atoms with Gasteiger partial charge in [-0.2, -0.15) is 0 Å². The highest BCUT2D eigenvalue weighted by Crippen LogP contribution is 2.47. The van der Waals surface area contributed by atoms with Crippen molar-refractivity contribution < 1.29 is 67.8 Å². The van der Waals surface area contributed by atoms with Crippen molar-refractivity contribution in [1.29, 1.82) is 0 Å². The van der Waals surface area contributed by atoms with Gasteiger partial charge in [0.25, 0.3) is 0 Å². The number of esters is 2. The number of phosphoric ester groups is 1. The van der Waals surface area contributed by atoms with Crippen LogP contribution >= 0.6 is 7.82 Å². The highest BCUT2D eigenvalue weighted by atomic mass is 31.2. The molecule has 14 nitrogen and oxygen atoms in total. The maximum Gasteiger partial charge on any atom is 0.472 e. The smallest absolute Gasteiger partial charge is 0.462 e. The van der Waals surface area contributed by atoms with Gasteiger partial charge in [-0.25, -0.2) is 4.57 Å². The third kappa shape index (κ3) is 24.8. The second kappa shape index (κ2) is 32.9. The van der Waals surface area contributed by atoms with Crippen molar-refractivity contribution in [1.82, 2.24) is 0 Å². The van der Waals surface area contributed by atoms with Gasteiger partial charge in [-0.1, -0.05) is 128 Å². The van der Waals surface area contributed by atoms with Crippen molar-refractivity contribution in [3.63, 3.8) is 0 Å². The van der Waals surface area contributed by atoms with Crippen LogP contribution in [-0.4, -0.2) is 111 Å². The molecule has 2 aliphatic rings. The highest BCUT2D eigenvalue weighted by Gasteiger charge is 2.51. The lowest BCUT2D eigenvalue weighted by atomic mass is 9.85. The maximum atomic E-state index is 12.8. The van der Waals surface area contributed by atoms with Gasteiger partial charge in [0.2, 0.25) is 0 Å². The number of hydrogen-bond donors (Lipinski definition) is 6. The molecule has 1 heterocycles. The molecule has 6 N–H and O–H groups in total. The quantitative estimate of drug-likeness (QED) is 0.0115. The lowest BCUT2D eigenvalue weighted by Crippen LogP contribution is -2.64. The molecule has 15 heteroatoms. The number of epoxide rings is 1. The predicted octanol–water partition coefficient (Wildman–Crippen LogP) is 7.82. The molecule has 1 aliphatic heterocycles. The zero-order valence-electron chi connectivity index (χ0n) is 36.7. The average molecular weight is 877 g/mol. The summed E-state index contributed by atoms with van der Waals surface area (Å²) in [5.41, 5.74) is 0. The maximum absolute atomic E-state index is 12.8. The fourth-order valence-corrected chi connectivity index (χ4v) is 8.26. The Balaban J connectivity index is 1.72. The Kier molecular flexibility index (Phi) is 29.8. The summed E-state index contributed by atoms with van der Waals surface area (Å²) < 4.78 is 39.3. The van der Waals surface area contributed by atoms with E-state index in [0.29, 0.717) is 25.0 Å². The topological polar surface area (TPSA) is 222 Å². The lowest BCUT2D eigenvalue weighted by Gasteiger charge is -2.41. The first-order valence-electron chi connectivity index (χ1n) is 23.3. The Bertz CT molecular complexity index is 1220. The van der Waals surface area contributed by atoms with E-state index in [1.54, 1.807) is 0 Å². The van der Waals surface area contributed by atoms with Gasteiger partial charge in [-0.05, 0) is 64.2 Å². The highest BCUT2D eigenvalue weighted by molar-refractivity contribution is 7.47. The second-order valence-corrected chi connectivity index (χ2v) is 18.0. The molecule has 0 aromatic rings. The van der Waals surface area contributed by atoms with Crippen LogP contribution in [-0.2, 0) is 37.4 Å². The Morgan fingerprint density at radius 2 is 1.05 bits per heavy atom. The van der Waals surface area contributed by atoms with Gasteiger partial charge < -0.3 is 44.6 Å². The number of hydrogen-bond acceptors (Lipinski definition) is 13. The van der Waals surface area contributed by atoms with Gasteiger partial charge in [0.1, 0.15) is 43.2 Å². The zero-order chi connectivity index (χ0) is 44.0.